The summed E-state index contributed by atoms with van der Waals surface area (Å²) < 4.78 is 5.16. The van der Waals surface area contributed by atoms with Crippen LogP contribution in [0.4, 0.5) is 11.5 Å². The highest BCUT2D eigenvalue weighted by molar-refractivity contribution is 5.93. The molecule has 0 saturated carbocycles. The zero-order valence-corrected chi connectivity index (χ0v) is 15.4. The van der Waals surface area contributed by atoms with E-state index >= 15 is 0 Å². The molecule has 0 aliphatic heterocycles. The Balaban J connectivity index is 2.22. The molecular weight excluding hydrogens is 316 g/mol. The van der Waals surface area contributed by atoms with E-state index in [1.165, 1.54) is 0 Å². The summed E-state index contributed by atoms with van der Waals surface area (Å²) in [5.74, 6) is 1.91. The number of nitrogens with zero attached hydrogens (tertiary/aromatic N) is 3. The minimum Gasteiger partial charge on any atom is -0.497 e. The Hall–Kier alpha value is -2.63. The van der Waals surface area contributed by atoms with Crippen molar-refractivity contribution in [3.63, 3.8) is 0 Å². The van der Waals surface area contributed by atoms with Crippen LogP contribution in [0.1, 0.15) is 43.0 Å². The third kappa shape index (κ3) is 5.17. The summed E-state index contributed by atoms with van der Waals surface area (Å²) in [6, 6.07) is 9.24. The number of methoxy groups -OCH3 is 1. The molecule has 1 aromatic heterocycles. The Morgan fingerprint density at radius 1 is 1.12 bits per heavy atom. The lowest BCUT2D eigenvalue weighted by atomic mass is 10.2. The molecule has 0 atom stereocenters. The van der Waals surface area contributed by atoms with Crippen LogP contribution >= 0.6 is 0 Å². The second-order valence-electron chi connectivity index (χ2n) is 5.83. The van der Waals surface area contributed by atoms with Crippen LogP contribution in [0.3, 0.4) is 0 Å². The van der Waals surface area contributed by atoms with E-state index in [2.05, 4.69) is 29.1 Å². The Morgan fingerprint density at radius 2 is 1.76 bits per heavy atom. The molecule has 0 aliphatic carbocycles. The Labute approximate surface area is 149 Å². The van der Waals surface area contributed by atoms with Gasteiger partial charge in [0.2, 0.25) is 0 Å². The van der Waals surface area contributed by atoms with Crippen molar-refractivity contribution in [1.82, 2.24) is 14.9 Å². The van der Waals surface area contributed by atoms with Crippen molar-refractivity contribution >= 4 is 17.4 Å². The smallest absolute Gasteiger partial charge is 0.272 e. The molecule has 1 heterocycles. The average Bonchev–Trinajstić information content (AvgIpc) is 2.61. The molecule has 2 aromatic rings. The number of nitrogens with one attached hydrogen (secondary N) is 1. The first-order chi connectivity index (χ1) is 12.1. The normalized spacial score (nSPS) is 10.4. The van der Waals surface area contributed by atoms with Crippen molar-refractivity contribution in [2.45, 2.75) is 33.6 Å². The molecule has 1 aromatic carbocycles. The molecule has 0 bridgehead atoms. The summed E-state index contributed by atoms with van der Waals surface area (Å²) in [6.45, 7) is 7.39. The molecule has 0 fully saturated rings. The molecule has 2 rings (SSSR count). The predicted molar refractivity (Wildman–Crippen MR) is 99.5 cm³/mol. The van der Waals surface area contributed by atoms with Gasteiger partial charge < -0.3 is 15.0 Å². The Kier molecular flexibility index (Phi) is 6.74. The number of aryl methyl sites for hydroxylation is 1. The summed E-state index contributed by atoms with van der Waals surface area (Å²) in [5.41, 5.74) is 1.29. The van der Waals surface area contributed by atoms with E-state index in [1.807, 2.05) is 29.2 Å². The molecule has 134 valence electrons. The first-order valence-corrected chi connectivity index (χ1v) is 8.63. The van der Waals surface area contributed by atoms with Crippen LogP contribution < -0.4 is 10.1 Å². The number of amides is 1. The van der Waals surface area contributed by atoms with Gasteiger partial charge in [0.25, 0.3) is 5.91 Å². The molecule has 1 N–H and O–H groups in total. The third-order valence-electron chi connectivity index (χ3n) is 3.69. The van der Waals surface area contributed by atoms with E-state index in [-0.39, 0.29) is 5.91 Å². The topological polar surface area (TPSA) is 67.4 Å². The minimum atomic E-state index is -0.0491. The monoisotopic (exact) mass is 342 g/mol. The van der Waals surface area contributed by atoms with E-state index in [4.69, 9.17) is 4.74 Å². The molecule has 1 amide bonds. The van der Waals surface area contributed by atoms with Crippen molar-refractivity contribution in [3.05, 3.63) is 41.9 Å². The van der Waals surface area contributed by atoms with Gasteiger partial charge in [-0.2, -0.15) is 0 Å². The molecule has 0 aliphatic rings. The van der Waals surface area contributed by atoms with Gasteiger partial charge in [-0.15, -0.1) is 0 Å². The van der Waals surface area contributed by atoms with Crippen molar-refractivity contribution in [3.8, 4) is 5.75 Å². The van der Waals surface area contributed by atoms with E-state index in [1.54, 1.807) is 20.1 Å². The van der Waals surface area contributed by atoms with Gasteiger partial charge in [0.1, 0.15) is 23.1 Å². The maximum Gasteiger partial charge on any atom is 0.272 e. The van der Waals surface area contributed by atoms with E-state index < -0.39 is 0 Å². The van der Waals surface area contributed by atoms with Gasteiger partial charge in [0.15, 0.2) is 0 Å². The van der Waals surface area contributed by atoms with Gasteiger partial charge in [0.05, 0.1) is 7.11 Å². The summed E-state index contributed by atoms with van der Waals surface area (Å²) in [4.78, 5) is 23.3. The van der Waals surface area contributed by atoms with Crippen LogP contribution in [-0.4, -0.2) is 41.0 Å². The molecule has 6 nitrogen and oxygen atoms in total. The highest BCUT2D eigenvalue weighted by atomic mass is 16.5. The number of carbonyl (C=O) groups excluding carboxylic acids is 1. The standard InChI is InChI=1S/C19H26N4O2/c1-5-11-23(12-6-2)19(24)17-13-18(21-14(3)20-17)22-15-7-9-16(25-4)10-8-15/h7-10,13H,5-6,11-12H2,1-4H3,(H,20,21,22). The zero-order valence-electron chi connectivity index (χ0n) is 15.4. The fourth-order valence-corrected chi connectivity index (χ4v) is 2.58. The van der Waals surface area contributed by atoms with Gasteiger partial charge in [-0.3, -0.25) is 4.79 Å². The molecule has 0 unspecified atom stereocenters. The number of anilines is 2. The molecule has 0 spiro atoms. The maximum atomic E-state index is 12.8. The zero-order chi connectivity index (χ0) is 18.2. The second-order valence-corrected chi connectivity index (χ2v) is 5.83. The largest absolute Gasteiger partial charge is 0.497 e. The fraction of sp³-hybridized carbons (Fsp3) is 0.421. The quantitative estimate of drug-likeness (QED) is 0.790. The average molecular weight is 342 g/mol. The summed E-state index contributed by atoms with van der Waals surface area (Å²) in [5, 5.41) is 3.22. The predicted octanol–water partition coefficient (Wildman–Crippen LogP) is 3.80. The number of hydrogen-bond donors (Lipinski definition) is 1. The van der Waals surface area contributed by atoms with E-state index in [9.17, 15) is 4.79 Å². The highest BCUT2D eigenvalue weighted by Crippen LogP contribution is 2.19. The minimum absolute atomic E-state index is 0.0491. The van der Waals surface area contributed by atoms with Gasteiger partial charge in [-0.05, 0) is 44.0 Å². The van der Waals surface area contributed by atoms with E-state index in [0.29, 0.717) is 17.3 Å². The van der Waals surface area contributed by atoms with Crippen LogP contribution in [-0.2, 0) is 0 Å². The Bertz CT molecular complexity index is 695. The van der Waals surface area contributed by atoms with Crippen molar-refractivity contribution < 1.29 is 9.53 Å². The van der Waals surface area contributed by atoms with Gasteiger partial charge in [0, 0.05) is 24.8 Å². The second kappa shape index (κ2) is 9.01. The highest BCUT2D eigenvalue weighted by Gasteiger charge is 2.17. The van der Waals surface area contributed by atoms with Crippen LogP contribution in [0.5, 0.6) is 5.75 Å². The number of ether oxygens (including phenoxy) is 1. The van der Waals surface area contributed by atoms with Gasteiger partial charge >= 0.3 is 0 Å². The van der Waals surface area contributed by atoms with Crippen LogP contribution in [0.15, 0.2) is 30.3 Å². The van der Waals surface area contributed by atoms with Crippen molar-refractivity contribution in [2.24, 2.45) is 0 Å². The third-order valence-corrected chi connectivity index (χ3v) is 3.69. The lowest BCUT2D eigenvalue weighted by Crippen LogP contribution is -2.33. The summed E-state index contributed by atoms with van der Waals surface area (Å²) in [6.07, 6.45) is 1.85. The maximum absolute atomic E-state index is 12.8. The first-order valence-electron chi connectivity index (χ1n) is 8.63. The van der Waals surface area contributed by atoms with Crippen LogP contribution in [0.25, 0.3) is 0 Å². The van der Waals surface area contributed by atoms with Crippen molar-refractivity contribution in [1.29, 1.82) is 0 Å². The summed E-state index contributed by atoms with van der Waals surface area (Å²) in [7, 11) is 1.63. The molecular formula is C19H26N4O2. The van der Waals surface area contributed by atoms with Crippen LogP contribution in [0, 0.1) is 6.92 Å². The SMILES string of the molecule is CCCN(CCC)C(=O)c1cc(Nc2ccc(OC)cc2)nc(C)n1. The lowest BCUT2D eigenvalue weighted by molar-refractivity contribution is 0.0749. The number of rotatable bonds is 8. The first kappa shape index (κ1) is 18.7. The fourth-order valence-electron chi connectivity index (χ4n) is 2.58. The number of hydrogen-bond acceptors (Lipinski definition) is 5. The lowest BCUT2D eigenvalue weighted by Gasteiger charge is -2.21. The van der Waals surface area contributed by atoms with Crippen molar-refractivity contribution in [2.75, 3.05) is 25.5 Å². The number of benzene rings is 1. The summed E-state index contributed by atoms with van der Waals surface area (Å²) >= 11 is 0. The van der Waals surface area contributed by atoms with E-state index in [0.717, 1.165) is 37.4 Å². The molecule has 25 heavy (non-hydrogen) atoms. The number of aromatic nitrogens is 2. The van der Waals surface area contributed by atoms with Gasteiger partial charge in [-0.25, -0.2) is 9.97 Å². The Morgan fingerprint density at radius 3 is 2.32 bits per heavy atom. The number of carbonyl (C=O) groups is 1. The molecule has 0 saturated heterocycles. The molecule has 6 heteroatoms. The van der Waals surface area contributed by atoms with Gasteiger partial charge in [-0.1, -0.05) is 13.8 Å². The van der Waals surface area contributed by atoms with Crippen LogP contribution in [0.2, 0.25) is 0 Å². The molecule has 0 radical (unpaired) electrons.